The van der Waals surface area contributed by atoms with Crippen LogP contribution in [0.15, 0.2) is 29.1 Å². The maximum Gasteiger partial charge on any atom is 0.419 e. The summed E-state index contributed by atoms with van der Waals surface area (Å²) in [6.07, 6.45) is -1.82. The van der Waals surface area contributed by atoms with Gasteiger partial charge in [0.1, 0.15) is 0 Å². The van der Waals surface area contributed by atoms with Crippen LogP contribution < -0.4 is 0 Å². The monoisotopic (exact) mass is 260 g/mol. The molecular weight excluding hydrogens is 253 g/mol. The van der Waals surface area contributed by atoms with E-state index in [1.807, 2.05) is 0 Å². The Morgan fingerprint density at radius 1 is 1.50 bits per heavy atom. The fraction of sp³-hybridized carbons (Fsp3) is 0.200. The summed E-state index contributed by atoms with van der Waals surface area (Å²) in [5.41, 5.74) is -0.637. The predicted molar refractivity (Wildman–Crippen MR) is 52.0 cm³/mol. The van der Waals surface area contributed by atoms with Gasteiger partial charge >= 0.3 is 12.1 Å². The summed E-state index contributed by atoms with van der Waals surface area (Å²) >= 11 is 0. The molecule has 0 aliphatic rings. The van der Waals surface area contributed by atoms with Gasteiger partial charge in [0.2, 0.25) is 5.76 Å². The summed E-state index contributed by atoms with van der Waals surface area (Å²) < 4.78 is 42.7. The molecule has 0 atom stereocenters. The minimum atomic E-state index is -4.47. The van der Waals surface area contributed by atoms with E-state index in [1.165, 1.54) is 6.07 Å². The average Bonchev–Trinajstić information content (AvgIpc) is 2.85. The summed E-state index contributed by atoms with van der Waals surface area (Å²) in [5.74, 6) is -1.59. The van der Waals surface area contributed by atoms with Crippen molar-refractivity contribution in [2.75, 3.05) is 0 Å². The SMILES string of the molecule is O=C(O)c1occc1Cn1cc(C(F)(F)F)cn1. The van der Waals surface area contributed by atoms with E-state index >= 15 is 0 Å². The molecule has 2 heterocycles. The summed E-state index contributed by atoms with van der Waals surface area (Å²) in [6.45, 7) is -0.103. The Kier molecular flexibility index (Phi) is 2.85. The van der Waals surface area contributed by atoms with Crippen molar-refractivity contribution in [3.8, 4) is 0 Å². The highest BCUT2D eigenvalue weighted by Gasteiger charge is 2.32. The lowest BCUT2D eigenvalue weighted by atomic mass is 10.2. The first-order chi connectivity index (χ1) is 8.38. The Morgan fingerprint density at radius 3 is 2.78 bits per heavy atom. The number of hydrogen-bond acceptors (Lipinski definition) is 3. The lowest BCUT2D eigenvalue weighted by molar-refractivity contribution is -0.137. The first-order valence-corrected chi connectivity index (χ1v) is 4.77. The van der Waals surface area contributed by atoms with E-state index in [0.717, 1.165) is 17.1 Å². The second kappa shape index (κ2) is 4.21. The highest BCUT2D eigenvalue weighted by Crippen LogP contribution is 2.28. The van der Waals surface area contributed by atoms with Crippen molar-refractivity contribution in [2.24, 2.45) is 0 Å². The Labute approximate surface area is 98.4 Å². The van der Waals surface area contributed by atoms with Gasteiger partial charge in [0.15, 0.2) is 0 Å². The van der Waals surface area contributed by atoms with E-state index in [4.69, 9.17) is 9.52 Å². The van der Waals surface area contributed by atoms with E-state index in [9.17, 15) is 18.0 Å². The number of furan rings is 1. The fourth-order valence-electron chi connectivity index (χ4n) is 1.42. The van der Waals surface area contributed by atoms with Crippen molar-refractivity contribution in [1.29, 1.82) is 0 Å². The molecule has 0 radical (unpaired) electrons. The topological polar surface area (TPSA) is 68.3 Å². The molecule has 0 fully saturated rings. The van der Waals surface area contributed by atoms with Crippen LogP contribution in [0.25, 0.3) is 0 Å². The number of carboxylic acids is 1. The van der Waals surface area contributed by atoms with Crippen LogP contribution in [-0.2, 0) is 12.7 Å². The first kappa shape index (κ1) is 12.2. The molecular formula is C10H7F3N2O3. The van der Waals surface area contributed by atoms with Gasteiger partial charge in [0.25, 0.3) is 0 Å². The van der Waals surface area contributed by atoms with E-state index in [1.54, 1.807) is 0 Å². The quantitative estimate of drug-likeness (QED) is 0.918. The van der Waals surface area contributed by atoms with Crippen LogP contribution >= 0.6 is 0 Å². The largest absolute Gasteiger partial charge is 0.475 e. The van der Waals surface area contributed by atoms with Crippen LogP contribution in [0.5, 0.6) is 0 Å². The molecule has 2 rings (SSSR count). The van der Waals surface area contributed by atoms with Crippen molar-refractivity contribution in [1.82, 2.24) is 9.78 Å². The van der Waals surface area contributed by atoms with E-state index < -0.39 is 17.7 Å². The van der Waals surface area contributed by atoms with Crippen molar-refractivity contribution < 1.29 is 27.5 Å². The summed E-state index contributed by atoms with van der Waals surface area (Å²) in [4.78, 5) is 10.7. The molecule has 2 aromatic heterocycles. The molecule has 0 saturated carbocycles. The molecule has 8 heteroatoms. The third-order valence-electron chi connectivity index (χ3n) is 2.23. The average molecular weight is 260 g/mol. The number of carbonyl (C=O) groups is 1. The molecule has 0 aliphatic heterocycles. The minimum Gasteiger partial charge on any atom is -0.475 e. The van der Waals surface area contributed by atoms with Crippen molar-refractivity contribution in [2.45, 2.75) is 12.7 Å². The number of aromatic carboxylic acids is 1. The molecule has 0 aliphatic carbocycles. The van der Waals surface area contributed by atoms with Crippen molar-refractivity contribution in [3.05, 3.63) is 41.6 Å². The molecule has 0 amide bonds. The van der Waals surface area contributed by atoms with Crippen molar-refractivity contribution >= 4 is 5.97 Å². The Hall–Kier alpha value is -2.25. The van der Waals surface area contributed by atoms with Crippen LogP contribution in [0.1, 0.15) is 21.7 Å². The van der Waals surface area contributed by atoms with Gasteiger partial charge in [-0.2, -0.15) is 18.3 Å². The van der Waals surface area contributed by atoms with Gasteiger partial charge in [0.05, 0.1) is 24.6 Å². The van der Waals surface area contributed by atoms with Gasteiger partial charge in [-0.25, -0.2) is 4.79 Å². The van der Waals surface area contributed by atoms with Crippen LogP contribution in [0.3, 0.4) is 0 Å². The van der Waals surface area contributed by atoms with E-state index in [-0.39, 0.29) is 17.9 Å². The number of rotatable bonds is 3. The van der Waals surface area contributed by atoms with Gasteiger partial charge < -0.3 is 9.52 Å². The summed E-state index contributed by atoms with van der Waals surface area (Å²) in [7, 11) is 0. The third kappa shape index (κ3) is 2.36. The number of halogens is 3. The molecule has 0 bridgehead atoms. The van der Waals surface area contributed by atoms with Gasteiger partial charge in [0, 0.05) is 11.8 Å². The molecule has 96 valence electrons. The molecule has 5 nitrogen and oxygen atoms in total. The standard InChI is InChI=1S/C10H7F3N2O3/c11-10(12,13)7-3-14-15(5-7)4-6-1-2-18-8(6)9(16)17/h1-3,5H,4H2,(H,16,17). The Bertz CT molecular complexity index is 571. The van der Waals surface area contributed by atoms with Gasteiger partial charge in [-0.15, -0.1) is 0 Å². The highest BCUT2D eigenvalue weighted by molar-refractivity contribution is 5.86. The van der Waals surface area contributed by atoms with Gasteiger partial charge in [-0.05, 0) is 6.07 Å². The maximum atomic E-state index is 12.3. The van der Waals surface area contributed by atoms with Crippen LogP contribution in [-0.4, -0.2) is 20.9 Å². The van der Waals surface area contributed by atoms with Crippen molar-refractivity contribution in [3.63, 3.8) is 0 Å². The lowest BCUT2D eigenvalue weighted by Crippen LogP contribution is -2.06. The minimum absolute atomic E-state index is 0.103. The smallest absolute Gasteiger partial charge is 0.419 e. The zero-order valence-corrected chi connectivity index (χ0v) is 8.81. The molecule has 0 spiro atoms. The zero-order valence-electron chi connectivity index (χ0n) is 8.81. The maximum absolute atomic E-state index is 12.3. The second-order valence-corrected chi connectivity index (χ2v) is 3.50. The normalized spacial score (nSPS) is 11.7. The highest BCUT2D eigenvalue weighted by atomic mass is 19.4. The number of alkyl halides is 3. The lowest BCUT2D eigenvalue weighted by Gasteiger charge is -2.01. The number of nitrogens with zero attached hydrogens (tertiary/aromatic N) is 2. The Morgan fingerprint density at radius 2 is 2.22 bits per heavy atom. The molecule has 2 aromatic rings. The molecule has 0 unspecified atom stereocenters. The third-order valence-corrected chi connectivity index (χ3v) is 2.23. The second-order valence-electron chi connectivity index (χ2n) is 3.50. The summed E-state index contributed by atoms with van der Waals surface area (Å²) in [5, 5.41) is 12.3. The van der Waals surface area contributed by atoms with E-state index in [2.05, 4.69) is 5.10 Å². The Balaban J connectivity index is 2.22. The molecule has 0 aromatic carbocycles. The zero-order chi connectivity index (χ0) is 13.3. The first-order valence-electron chi connectivity index (χ1n) is 4.77. The van der Waals surface area contributed by atoms with Gasteiger partial charge in [-0.3, -0.25) is 4.68 Å². The van der Waals surface area contributed by atoms with Crippen LogP contribution in [0.2, 0.25) is 0 Å². The number of carboxylic acid groups (broad SMARTS) is 1. The van der Waals surface area contributed by atoms with Crippen LogP contribution in [0.4, 0.5) is 13.2 Å². The number of aromatic nitrogens is 2. The predicted octanol–water partition coefficient (Wildman–Crippen LogP) is 2.24. The number of hydrogen-bond donors (Lipinski definition) is 1. The fourth-order valence-corrected chi connectivity index (χ4v) is 1.42. The molecule has 0 saturated heterocycles. The van der Waals surface area contributed by atoms with Crippen LogP contribution in [0, 0.1) is 0 Å². The van der Waals surface area contributed by atoms with Gasteiger partial charge in [-0.1, -0.05) is 0 Å². The molecule has 1 N–H and O–H groups in total. The van der Waals surface area contributed by atoms with E-state index in [0.29, 0.717) is 6.20 Å². The molecule has 18 heavy (non-hydrogen) atoms. The summed E-state index contributed by atoms with van der Waals surface area (Å²) in [6, 6.07) is 1.37.